The van der Waals surface area contributed by atoms with Crippen LogP contribution in [0.2, 0.25) is 0 Å². The Hall–Kier alpha value is -0.630. The molecule has 0 amide bonds. The molecule has 1 aromatic rings. The van der Waals surface area contributed by atoms with Crippen LogP contribution in [0.1, 0.15) is 49.5 Å². The zero-order valence-electron chi connectivity index (χ0n) is 10.4. The van der Waals surface area contributed by atoms with Crippen molar-refractivity contribution in [1.29, 1.82) is 0 Å². The fourth-order valence-corrected chi connectivity index (χ4v) is 2.18. The van der Waals surface area contributed by atoms with Gasteiger partial charge in [0.05, 0.1) is 0 Å². The second kappa shape index (κ2) is 5.13. The first-order valence-electron chi connectivity index (χ1n) is 5.59. The molecule has 2 heteroatoms. The fraction of sp³-hybridized carbons (Fsp3) is 0.500. The molecule has 0 fully saturated rings. The Kier molecular flexibility index (Phi) is 4.31. The second-order valence-corrected chi connectivity index (χ2v) is 6.32. The monoisotopic (exact) mass is 282 g/mol. The van der Waals surface area contributed by atoms with Crippen molar-refractivity contribution in [2.75, 3.05) is 0 Å². The lowest BCUT2D eigenvalue weighted by Crippen LogP contribution is -2.09. The van der Waals surface area contributed by atoms with Gasteiger partial charge in [-0.3, -0.25) is 4.79 Å². The lowest BCUT2D eigenvalue weighted by atomic mass is 9.88. The molecule has 0 atom stereocenters. The number of aryl methyl sites for hydroxylation is 1. The molecule has 1 aromatic carbocycles. The smallest absolute Gasteiger partial charge is 0.164 e. The molecule has 0 N–H and O–H groups in total. The Labute approximate surface area is 106 Å². The molecule has 88 valence electrons. The van der Waals surface area contributed by atoms with Crippen molar-refractivity contribution in [1.82, 2.24) is 0 Å². The maximum atomic E-state index is 12.0. The lowest BCUT2D eigenvalue weighted by Gasteiger charge is -2.17. The minimum Gasteiger partial charge on any atom is -0.294 e. The quantitative estimate of drug-likeness (QED) is 0.730. The van der Waals surface area contributed by atoms with E-state index in [0.29, 0.717) is 6.42 Å². The van der Waals surface area contributed by atoms with Crippen LogP contribution in [-0.2, 0) is 0 Å². The minimum atomic E-state index is 0.215. The van der Waals surface area contributed by atoms with Crippen molar-refractivity contribution in [3.63, 3.8) is 0 Å². The third kappa shape index (κ3) is 4.09. The molecule has 0 aliphatic heterocycles. The summed E-state index contributed by atoms with van der Waals surface area (Å²) in [6, 6.07) is 5.88. The summed E-state index contributed by atoms with van der Waals surface area (Å²) in [4.78, 5) is 12.0. The summed E-state index contributed by atoms with van der Waals surface area (Å²) in [5, 5.41) is 0. The van der Waals surface area contributed by atoms with Crippen LogP contribution in [-0.4, -0.2) is 5.78 Å². The van der Waals surface area contributed by atoms with Crippen molar-refractivity contribution < 1.29 is 4.79 Å². The van der Waals surface area contributed by atoms with E-state index in [0.717, 1.165) is 16.5 Å². The second-order valence-electron chi connectivity index (χ2n) is 5.47. The van der Waals surface area contributed by atoms with E-state index in [-0.39, 0.29) is 11.2 Å². The van der Waals surface area contributed by atoms with Crippen LogP contribution >= 0.6 is 15.9 Å². The molecule has 0 heterocycles. The van der Waals surface area contributed by atoms with E-state index in [9.17, 15) is 4.79 Å². The Morgan fingerprint density at radius 1 is 1.31 bits per heavy atom. The summed E-state index contributed by atoms with van der Waals surface area (Å²) in [6.45, 7) is 8.49. The number of halogens is 1. The van der Waals surface area contributed by atoms with Crippen LogP contribution in [0.3, 0.4) is 0 Å². The van der Waals surface area contributed by atoms with Gasteiger partial charge in [-0.25, -0.2) is 0 Å². The van der Waals surface area contributed by atoms with E-state index in [1.54, 1.807) is 0 Å². The highest BCUT2D eigenvalue weighted by atomic mass is 79.9. The zero-order chi connectivity index (χ0) is 12.3. The minimum absolute atomic E-state index is 0.215. The highest BCUT2D eigenvalue weighted by molar-refractivity contribution is 9.10. The SMILES string of the molecule is Cc1ccc(C(=O)CCC(C)(C)C)c(Br)c1. The molecule has 0 spiro atoms. The van der Waals surface area contributed by atoms with E-state index in [1.807, 2.05) is 25.1 Å². The van der Waals surface area contributed by atoms with E-state index in [1.165, 1.54) is 5.56 Å². The zero-order valence-corrected chi connectivity index (χ0v) is 12.0. The van der Waals surface area contributed by atoms with E-state index in [2.05, 4.69) is 36.7 Å². The molecule has 0 bridgehead atoms. The largest absolute Gasteiger partial charge is 0.294 e. The summed E-state index contributed by atoms with van der Waals surface area (Å²) in [5.74, 6) is 0.224. The average Bonchev–Trinajstić information content (AvgIpc) is 2.13. The first kappa shape index (κ1) is 13.4. The Morgan fingerprint density at radius 2 is 1.94 bits per heavy atom. The third-order valence-electron chi connectivity index (χ3n) is 2.53. The molecular formula is C14H19BrO. The van der Waals surface area contributed by atoms with Crippen molar-refractivity contribution >= 4 is 21.7 Å². The normalized spacial score (nSPS) is 11.6. The summed E-state index contributed by atoms with van der Waals surface area (Å²) < 4.78 is 0.909. The fourth-order valence-electron chi connectivity index (χ4n) is 1.47. The van der Waals surface area contributed by atoms with E-state index in [4.69, 9.17) is 0 Å². The van der Waals surface area contributed by atoms with Crippen LogP contribution in [0.4, 0.5) is 0 Å². The number of hydrogen-bond donors (Lipinski definition) is 0. The molecule has 0 aliphatic carbocycles. The summed E-state index contributed by atoms with van der Waals surface area (Å²) in [5.41, 5.74) is 2.18. The molecular weight excluding hydrogens is 264 g/mol. The molecule has 16 heavy (non-hydrogen) atoms. The topological polar surface area (TPSA) is 17.1 Å². The van der Waals surface area contributed by atoms with Gasteiger partial charge in [0, 0.05) is 16.5 Å². The van der Waals surface area contributed by atoms with Crippen LogP contribution in [0.15, 0.2) is 22.7 Å². The van der Waals surface area contributed by atoms with Crippen molar-refractivity contribution in [3.05, 3.63) is 33.8 Å². The van der Waals surface area contributed by atoms with Gasteiger partial charge in [0.2, 0.25) is 0 Å². The highest BCUT2D eigenvalue weighted by Gasteiger charge is 2.15. The summed E-state index contributed by atoms with van der Waals surface area (Å²) in [6.07, 6.45) is 1.54. The van der Waals surface area contributed by atoms with Gasteiger partial charge in [0.15, 0.2) is 5.78 Å². The third-order valence-corrected chi connectivity index (χ3v) is 3.18. The Bertz CT molecular complexity index is 388. The standard InChI is InChI=1S/C14H19BrO/c1-10-5-6-11(12(15)9-10)13(16)7-8-14(2,3)4/h5-6,9H,7-8H2,1-4H3. The molecule has 0 unspecified atom stereocenters. The van der Waals surface area contributed by atoms with E-state index < -0.39 is 0 Å². The predicted octanol–water partition coefficient (Wildman–Crippen LogP) is 4.77. The summed E-state index contributed by atoms with van der Waals surface area (Å²) in [7, 11) is 0. The van der Waals surface area contributed by atoms with E-state index >= 15 is 0 Å². The number of hydrogen-bond acceptors (Lipinski definition) is 1. The van der Waals surface area contributed by atoms with Gasteiger partial charge in [-0.2, -0.15) is 0 Å². The molecule has 1 nitrogen and oxygen atoms in total. The van der Waals surface area contributed by atoms with Gasteiger partial charge in [-0.15, -0.1) is 0 Å². The van der Waals surface area contributed by atoms with Crippen molar-refractivity contribution in [2.24, 2.45) is 5.41 Å². The molecule has 0 saturated carbocycles. The number of carbonyl (C=O) groups is 1. The molecule has 0 radical (unpaired) electrons. The number of benzene rings is 1. The van der Waals surface area contributed by atoms with Gasteiger partial charge in [-0.05, 0) is 30.4 Å². The number of rotatable bonds is 3. The van der Waals surface area contributed by atoms with Crippen molar-refractivity contribution in [3.8, 4) is 0 Å². The van der Waals surface area contributed by atoms with Gasteiger partial charge < -0.3 is 0 Å². The lowest BCUT2D eigenvalue weighted by molar-refractivity contribution is 0.0965. The van der Waals surface area contributed by atoms with Crippen molar-refractivity contribution in [2.45, 2.75) is 40.5 Å². The first-order valence-corrected chi connectivity index (χ1v) is 6.38. The maximum absolute atomic E-state index is 12.0. The number of Topliss-reactive ketones (excluding diaryl/α,β-unsaturated/α-hetero) is 1. The molecule has 0 saturated heterocycles. The van der Waals surface area contributed by atoms with Crippen LogP contribution in [0.25, 0.3) is 0 Å². The van der Waals surface area contributed by atoms with Crippen LogP contribution in [0.5, 0.6) is 0 Å². The van der Waals surface area contributed by atoms with Crippen LogP contribution < -0.4 is 0 Å². The Morgan fingerprint density at radius 3 is 2.44 bits per heavy atom. The molecule has 0 aromatic heterocycles. The van der Waals surface area contributed by atoms with Crippen LogP contribution in [0, 0.1) is 12.3 Å². The van der Waals surface area contributed by atoms with Gasteiger partial charge in [-0.1, -0.05) is 48.8 Å². The van der Waals surface area contributed by atoms with Gasteiger partial charge in [0.25, 0.3) is 0 Å². The van der Waals surface area contributed by atoms with Gasteiger partial charge >= 0.3 is 0 Å². The maximum Gasteiger partial charge on any atom is 0.164 e. The molecule has 0 aliphatic rings. The first-order chi connectivity index (χ1) is 7.29. The highest BCUT2D eigenvalue weighted by Crippen LogP contribution is 2.25. The summed E-state index contributed by atoms with van der Waals surface area (Å²) >= 11 is 3.45. The number of carbonyl (C=O) groups excluding carboxylic acids is 1. The average molecular weight is 283 g/mol. The Balaban J connectivity index is 2.74. The van der Waals surface area contributed by atoms with Gasteiger partial charge in [0.1, 0.15) is 0 Å². The predicted molar refractivity (Wildman–Crippen MR) is 71.9 cm³/mol. The number of ketones is 1. The molecule has 1 rings (SSSR count).